The Bertz CT molecular complexity index is 469. The highest BCUT2D eigenvalue weighted by atomic mass is 35.5. The number of hydrogen-bond acceptors (Lipinski definition) is 4. The predicted octanol–water partition coefficient (Wildman–Crippen LogP) is 2.51. The van der Waals surface area contributed by atoms with Crippen LogP contribution in [0.2, 0.25) is 5.02 Å². The van der Waals surface area contributed by atoms with Gasteiger partial charge in [-0.2, -0.15) is 13.2 Å². The van der Waals surface area contributed by atoms with E-state index in [1.807, 2.05) is 0 Å². The molecule has 1 unspecified atom stereocenters. The number of alkyl halides is 3. The first-order valence-electron chi connectivity index (χ1n) is 3.79. The predicted molar refractivity (Wildman–Crippen MR) is 50.3 cm³/mol. The molecule has 94 valence electrons. The molecule has 0 aliphatic rings. The Balaban J connectivity index is 3.59. The van der Waals surface area contributed by atoms with E-state index in [2.05, 4.69) is 0 Å². The second-order valence-corrected chi connectivity index (χ2v) is 4.08. The molecule has 17 heavy (non-hydrogen) atoms. The Morgan fingerprint density at radius 2 is 1.88 bits per heavy atom. The van der Waals surface area contributed by atoms with Crippen molar-refractivity contribution < 1.29 is 26.9 Å². The third-order valence-corrected chi connectivity index (χ3v) is 2.91. The van der Waals surface area contributed by atoms with Crippen LogP contribution in [0.3, 0.4) is 0 Å². The lowest BCUT2D eigenvalue weighted by atomic mass is 10.2. The number of nitrogens with zero attached hydrogens (tertiary/aromatic N) is 1. The summed E-state index contributed by atoms with van der Waals surface area (Å²) in [5, 5.41) is 9.58. The number of benzene rings is 1. The Morgan fingerprint density at radius 1 is 1.35 bits per heavy atom. The third-order valence-electron chi connectivity index (χ3n) is 1.72. The summed E-state index contributed by atoms with van der Waals surface area (Å²) in [6, 6.07) is 0.414. The van der Waals surface area contributed by atoms with E-state index in [1.165, 1.54) is 0 Å². The molecule has 0 heterocycles. The molecule has 10 heteroatoms. The zero-order chi connectivity index (χ0) is 13.4. The van der Waals surface area contributed by atoms with Crippen molar-refractivity contribution in [3.63, 3.8) is 0 Å². The molecule has 0 aliphatic carbocycles. The van der Waals surface area contributed by atoms with Gasteiger partial charge < -0.3 is 4.55 Å². The van der Waals surface area contributed by atoms with E-state index in [0.29, 0.717) is 0 Å². The third kappa shape index (κ3) is 2.93. The molecule has 0 fully saturated rings. The summed E-state index contributed by atoms with van der Waals surface area (Å²) in [7, 11) is 0. The van der Waals surface area contributed by atoms with Gasteiger partial charge in [-0.15, -0.1) is 0 Å². The summed E-state index contributed by atoms with van der Waals surface area (Å²) in [5.41, 5.74) is -2.56. The molecule has 1 rings (SSSR count). The van der Waals surface area contributed by atoms with Crippen LogP contribution < -0.4 is 0 Å². The maximum Gasteiger partial charge on any atom is 0.416 e. The number of rotatable bonds is 2. The summed E-state index contributed by atoms with van der Waals surface area (Å²) in [4.78, 5) is 8.28. The quantitative estimate of drug-likeness (QED) is 0.475. The highest BCUT2D eigenvalue weighted by Crippen LogP contribution is 2.38. The van der Waals surface area contributed by atoms with Crippen LogP contribution in [0.5, 0.6) is 0 Å². The normalized spacial score (nSPS) is 13.5. The Kier molecular flexibility index (Phi) is 3.74. The van der Waals surface area contributed by atoms with Gasteiger partial charge in [-0.3, -0.25) is 14.3 Å². The number of nitro benzene ring substituents is 1. The Labute approximate surface area is 99.6 Å². The van der Waals surface area contributed by atoms with Gasteiger partial charge in [0.1, 0.15) is 5.02 Å². The summed E-state index contributed by atoms with van der Waals surface area (Å²) in [6.07, 6.45) is -4.90. The second kappa shape index (κ2) is 4.59. The van der Waals surface area contributed by atoms with Crippen molar-refractivity contribution in [1.82, 2.24) is 0 Å². The first-order chi connectivity index (χ1) is 7.64. The van der Waals surface area contributed by atoms with Gasteiger partial charge in [0.2, 0.25) is 0 Å². The molecular formula is C7H2ClF3NO4S-. The van der Waals surface area contributed by atoms with E-state index in [-0.39, 0.29) is 12.1 Å². The minimum atomic E-state index is -4.90. The van der Waals surface area contributed by atoms with Gasteiger partial charge in [0, 0.05) is 6.07 Å². The molecule has 0 radical (unpaired) electrons. The molecule has 0 saturated heterocycles. The van der Waals surface area contributed by atoms with Crippen LogP contribution in [0.4, 0.5) is 18.9 Å². The van der Waals surface area contributed by atoms with Gasteiger partial charge in [-0.1, -0.05) is 11.6 Å². The Hall–Kier alpha value is -1.19. The Morgan fingerprint density at radius 3 is 2.24 bits per heavy atom. The van der Waals surface area contributed by atoms with Crippen LogP contribution in [0.15, 0.2) is 17.0 Å². The molecule has 0 bridgehead atoms. The van der Waals surface area contributed by atoms with Gasteiger partial charge in [0.05, 0.1) is 15.4 Å². The minimum absolute atomic E-state index is 0.179. The van der Waals surface area contributed by atoms with Gasteiger partial charge >= 0.3 is 6.18 Å². The smallest absolute Gasteiger partial charge is 0.416 e. The molecule has 0 amide bonds. The van der Waals surface area contributed by atoms with Gasteiger partial charge in [-0.05, 0) is 17.1 Å². The fraction of sp³-hybridized carbons (Fsp3) is 0.143. The number of halogens is 4. The molecule has 0 N–H and O–H groups in total. The first kappa shape index (κ1) is 13.9. The van der Waals surface area contributed by atoms with Gasteiger partial charge in [0.15, 0.2) is 0 Å². The van der Waals surface area contributed by atoms with Gasteiger partial charge in [0.25, 0.3) is 5.69 Å². The molecule has 1 atom stereocenters. The lowest BCUT2D eigenvalue weighted by Crippen LogP contribution is -2.08. The van der Waals surface area contributed by atoms with Crippen molar-refractivity contribution in [3.8, 4) is 0 Å². The van der Waals surface area contributed by atoms with Crippen LogP contribution >= 0.6 is 11.6 Å². The van der Waals surface area contributed by atoms with Gasteiger partial charge in [-0.25, -0.2) is 0 Å². The molecule has 1 aromatic carbocycles. The van der Waals surface area contributed by atoms with Crippen molar-refractivity contribution in [2.75, 3.05) is 0 Å². The molecular weight excluding hydrogens is 287 g/mol. The highest BCUT2D eigenvalue weighted by Gasteiger charge is 2.34. The molecule has 0 spiro atoms. The van der Waals surface area contributed by atoms with Crippen LogP contribution in [-0.4, -0.2) is 13.7 Å². The van der Waals surface area contributed by atoms with Crippen molar-refractivity contribution in [2.24, 2.45) is 0 Å². The van der Waals surface area contributed by atoms with Crippen LogP contribution in [-0.2, 0) is 17.3 Å². The van der Waals surface area contributed by atoms with Crippen molar-refractivity contribution in [1.29, 1.82) is 0 Å². The average molecular weight is 289 g/mol. The fourth-order valence-electron chi connectivity index (χ4n) is 1.00. The minimum Gasteiger partial charge on any atom is -0.768 e. The standard InChI is InChI=1S/C7H3ClF3NO4S/c8-6-4(12(13)14)1-3(7(9,10)11)2-5(6)17(15)16/h1-2H,(H,15,16)/p-1. The lowest BCUT2D eigenvalue weighted by molar-refractivity contribution is -0.385. The molecule has 0 saturated carbocycles. The van der Waals surface area contributed by atoms with Crippen LogP contribution in [0.25, 0.3) is 0 Å². The number of nitro groups is 1. The molecule has 5 nitrogen and oxygen atoms in total. The van der Waals surface area contributed by atoms with Crippen molar-refractivity contribution in [3.05, 3.63) is 32.8 Å². The van der Waals surface area contributed by atoms with Crippen LogP contribution in [0.1, 0.15) is 5.56 Å². The average Bonchev–Trinajstić information content (AvgIpc) is 2.14. The first-order valence-corrected chi connectivity index (χ1v) is 5.24. The number of hydrogen-bond donors (Lipinski definition) is 0. The lowest BCUT2D eigenvalue weighted by Gasteiger charge is -2.12. The summed E-state index contributed by atoms with van der Waals surface area (Å²) >= 11 is 2.22. The summed E-state index contributed by atoms with van der Waals surface area (Å²) < 4.78 is 58.2. The van der Waals surface area contributed by atoms with Crippen LogP contribution in [0, 0.1) is 10.1 Å². The highest BCUT2D eigenvalue weighted by molar-refractivity contribution is 7.79. The fourth-order valence-corrected chi connectivity index (χ4v) is 1.84. The maximum absolute atomic E-state index is 12.3. The van der Waals surface area contributed by atoms with E-state index >= 15 is 0 Å². The summed E-state index contributed by atoms with van der Waals surface area (Å²) in [6.45, 7) is 0. The maximum atomic E-state index is 12.3. The second-order valence-electron chi connectivity index (χ2n) is 2.80. The zero-order valence-electron chi connectivity index (χ0n) is 7.66. The molecule has 0 aromatic heterocycles. The van der Waals surface area contributed by atoms with E-state index in [1.54, 1.807) is 0 Å². The monoisotopic (exact) mass is 288 g/mol. The van der Waals surface area contributed by atoms with E-state index in [4.69, 9.17) is 11.6 Å². The van der Waals surface area contributed by atoms with Crippen molar-refractivity contribution >= 4 is 28.4 Å². The molecule has 0 aliphatic heterocycles. The topological polar surface area (TPSA) is 83.3 Å². The largest absolute Gasteiger partial charge is 0.768 e. The molecule has 1 aromatic rings. The summed E-state index contributed by atoms with van der Waals surface area (Å²) in [5.74, 6) is 0. The zero-order valence-corrected chi connectivity index (χ0v) is 9.23. The SMILES string of the molecule is O=[N+]([O-])c1cc(C(F)(F)F)cc(S(=O)[O-])c1Cl. The van der Waals surface area contributed by atoms with E-state index in [9.17, 15) is 32.0 Å². The van der Waals surface area contributed by atoms with E-state index in [0.717, 1.165) is 0 Å². The van der Waals surface area contributed by atoms with Crippen molar-refractivity contribution in [2.45, 2.75) is 11.1 Å². The van der Waals surface area contributed by atoms with E-state index < -0.39 is 43.3 Å².